The molecule has 0 radical (unpaired) electrons. The van der Waals surface area contributed by atoms with Crippen molar-refractivity contribution in [2.24, 2.45) is 0 Å². The molecule has 0 aliphatic carbocycles. The standard InChI is InChI=1S/C7H9NO2/c1-4-5(2)10-7(8-4)6-3-9-6/h6H,3H2,1-2H3/t6-/m0/s1. The molecule has 0 spiro atoms. The van der Waals surface area contributed by atoms with Gasteiger partial charge in [0.15, 0.2) is 6.10 Å². The molecule has 0 unspecified atom stereocenters. The van der Waals surface area contributed by atoms with Gasteiger partial charge in [0.05, 0.1) is 12.3 Å². The molecule has 1 aliphatic rings. The molecule has 1 saturated heterocycles. The maximum atomic E-state index is 5.30. The van der Waals surface area contributed by atoms with Gasteiger partial charge in [-0.1, -0.05) is 0 Å². The average Bonchev–Trinajstić information content (AvgIpc) is 2.64. The molecule has 0 N–H and O–H groups in total. The van der Waals surface area contributed by atoms with Crippen LogP contribution < -0.4 is 0 Å². The number of hydrogen-bond acceptors (Lipinski definition) is 3. The monoisotopic (exact) mass is 139 g/mol. The third kappa shape index (κ3) is 0.827. The van der Waals surface area contributed by atoms with E-state index in [0.717, 1.165) is 24.0 Å². The lowest BCUT2D eigenvalue weighted by atomic mass is 10.4. The zero-order valence-corrected chi connectivity index (χ0v) is 6.05. The van der Waals surface area contributed by atoms with E-state index in [0.29, 0.717) is 0 Å². The fraction of sp³-hybridized carbons (Fsp3) is 0.571. The summed E-state index contributed by atoms with van der Waals surface area (Å²) < 4.78 is 10.3. The Kier molecular flexibility index (Phi) is 1.08. The Labute approximate surface area is 59.0 Å². The molecular weight excluding hydrogens is 130 g/mol. The van der Waals surface area contributed by atoms with Gasteiger partial charge in [-0.25, -0.2) is 4.98 Å². The second-order valence-electron chi connectivity index (χ2n) is 2.52. The molecule has 1 atom stereocenters. The molecule has 0 bridgehead atoms. The summed E-state index contributed by atoms with van der Waals surface area (Å²) in [5.41, 5.74) is 0.963. The van der Waals surface area contributed by atoms with Gasteiger partial charge in [-0.2, -0.15) is 0 Å². The molecular formula is C7H9NO2. The SMILES string of the molecule is Cc1nc([C@@H]2CO2)oc1C. The average molecular weight is 139 g/mol. The lowest BCUT2D eigenvalue weighted by molar-refractivity contribution is 0.356. The molecule has 54 valence electrons. The zero-order chi connectivity index (χ0) is 7.14. The molecule has 2 rings (SSSR count). The van der Waals surface area contributed by atoms with E-state index in [9.17, 15) is 0 Å². The highest BCUT2D eigenvalue weighted by atomic mass is 16.6. The largest absolute Gasteiger partial charge is 0.443 e. The van der Waals surface area contributed by atoms with Crippen LogP contribution in [0.25, 0.3) is 0 Å². The zero-order valence-electron chi connectivity index (χ0n) is 6.05. The predicted molar refractivity (Wildman–Crippen MR) is 34.7 cm³/mol. The van der Waals surface area contributed by atoms with Gasteiger partial charge in [-0.05, 0) is 13.8 Å². The number of aromatic nitrogens is 1. The molecule has 1 aromatic heterocycles. The first kappa shape index (κ1) is 5.92. The maximum Gasteiger partial charge on any atom is 0.226 e. The van der Waals surface area contributed by atoms with Gasteiger partial charge in [0.2, 0.25) is 5.89 Å². The van der Waals surface area contributed by atoms with Gasteiger partial charge in [-0.15, -0.1) is 0 Å². The van der Waals surface area contributed by atoms with Crippen LogP contribution in [0.2, 0.25) is 0 Å². The Morgan fingerprint density at radius 1 is 1.50 bits per heavy atom. The summed E-state index contributed by atoms with van der Waals surface area (Å²) in [6.07, 6.45) is 0.146. The van der Waals surface area contributed by atoms with Crippen molar-refractivity contribution in [2.75, 3.05) is 6.61 Å². The van der Waals surface area contributed by atoms with Gasteiger partial charge >= 0.3 is 0 Å². The fourth-order valence-electron chi connectivity index (χ4n) is 0.826. The topological polar surface area (TPSA) is 38.6 Å². The van der Waals surface area contributed by atoms with Crippen molar-refractivity contribution in [3.05, 3.63) is 17.3 Å². The Bertz CT molecular complexity index is 231. The van der Waals surface area contributed by atoms with Crippen LogP contribution in [-0.4, -0.2) is 11.6 Å². The highest BCUT2D eigenvalue weighted by Gasteiger charge is 2.30. The number of hydrogen-bond donors (Lipinski definition) is 0. The van der Waals surface area contributed by atoms with Crippen molar-refractivity contribution in [1.82, 2.24) is 4.98 Å². The Balaban J connectivity index is 2.34. The first-order valence-electron chi connectivity index (χ1n) is 3.33. The van der Waals surface area contributed by atoms with Gasteiger partial charge in [0.1, 0.15) is 5.76 Å². The molecule has 1 fully saturated rings. The van der Waals surface area contributed by atoms with E-state index < -0.39 is 0 Å². The molecule has 1 aromatic rings. The number of rotatable bonds is 1. The van der Waals surface area contributed by atoms with Crippen LogP contribution in [0.5, 0.6) is 0 Å². The van der Waals surface area contributed by atoms with Crippen LogP contribution in [-0.2, 0) is 4.74 Å². The minimum atomic E-state index is 0.146. The molecule has 0 aromatic carbocycles. The van der Waals surface area contributed by atoms with Crippen molar-refractivity contribution in [3.8, 4) is 0 Å². The second-order valence-corrected chi connectivity index (χ2v) is 2.52. The van der Waals surface area contributed by atoms with Crippen molar-refractivity contribution < 1.29 is 9.15 Å². The first-order chi connectivity index (χ1) is 4.77. The molecule has 10 heavy (non-hydrogen) atoms. The van der Waals surface area contributed by atoms with Crippen molar-refractivity contribution in [3.63, 3.8) is 0 Å². The molecule has 3 nitrogen and oxygen atoms in total. The molecule has 0 saturated carbocycles. The van der Waals surface area contributed by atoms with E-state index in [-0.39, 0.29) is 6.10 Å². The minimum absolute atomic E-state index is 0.146. The summed E-state index contributed by atoms with van der Waals surface area (Å²) in [5, 5.41) is 0. The second kappa shape index (κ2) is 1.83. The normalized spacial score (nSPS) is 23.2. The summed E-state index contributed by atoms with van der Waals surface area (Å²) in [7, 11) is 0. The molecule has 2 heterocycles. The summed E-state index contributed by atoms with van der Waals surface area (Å²) in [6, 6.07) is 0. The number of nitrogens with zero attached hydrogens (tertiary/aromatic N) is 1. The number of ether oxygens (including phenoxy) is 1. The summed E-state index contributed by atoms with van der Waals surface area (Å²) in [6.45, 7) is 4.61. The lowest BCUT2D eigenvalue weighted by Gasteiger charge is -1.80. The summed E-state index contributed by atoms with van der Waals surface area (Å²) in [5.74, 6) is 1.63. The highest BCUT2D eigenvalue weighted by molar-refractivity contribution is 5.08. The predicted octanol–water partition coefficient (Wildman–Crippen LogP) is 1.36. The molecule has 0 amide bonds. The fourth-order valence-corrected chi connectivity index (χ4v) is 0.826. The van der Waals surface area contributed by atoms with Crippen LogP contribution >= 0.6 is 0 Å². The van der Waals surface area contributed by atoms with Crippen LogP contribution in [0.15, 0.2) is 4.42 Å². The van der Waals surface area contributed by atoms with Crippen molar-refractivity contribution >= 4 is 0 Å². The van der Waals surface area contributed by atoms with E-state index in [4.69, 9.17) is 9.15 Å². The maximum absolute atomic E-state index is 5.30. The molecule has 1 aliphatic heterocycles. The lowest BCUT2D eigenvalue weighted by Crippen LogP contribution is -1.78. The van der Waals surface area contributed by atoms with E-state index in [1.165, 1.54) is 0 Å². The van der Waals surface area contributed by atoms with Crippen LogP contribution in [0.4, 0.5) is 0 Å². The quantitative estimate of drug-likeness (QED) is 0.551. The van der Waals surface area contributed by atoms with Gasteiger partial charge in [-0.3, -0.25) is 0 Å². The third-order valence-electron chi connectivity index (χ3n) is 1.65. The smallest absolute Gasteiger partial charge is 0.226 e. The van der Waals surface area contributed by atoms with Gasteiger partial charge in [0.25, 0.3) is 0 Å². The van der Waals surface area contributed by atoms with Gasteiger partial charge in [0, 0.05) is 0 Å². The Hall–Kier alpha value is -0.830. The number of oxazole rings is 1. The van der Waals surface area contributed by atoms with E-state index in [1.54, 1.807) is 0 Å². The number of epoxide rings is 1. The Morgan fingerprint density at radius 3 is 2.60 bits per heavy atom. The van der Waals surface area contributed by atoms with Crippen LogP contribution in [0.1, 0.15) is 23.4 Å². The van der Waals surface area contributed by atoms with Crippen LogP contribution in [0, 0.1) is 13.8 Å². The summed E-state index contributed by atoms with van der Waals surface area (Å²) >= 11 is 0. The first-order valence-corrected chi connectivity index (χ1v) is 3.33. The van der Waals surface area contributed by atoms with E-state index >= 15 is 0 Å². The van der Waals surface area contributed by atoms with E-state index in [1.807, 2.05) is 13.8 Å². The minimum Gasteiger partial charge on any atom is -0.443 e. The van der Waals surface area contributed by atoms with E-state index in [2.05, 4.69) is 4.98 Å². The van der Waals surface area contributed by atoms with Crippen LogP contribution in [0.3, 0.4) is 0 Å². The van der Waals surface area contributed by atoms with Crippen molar-refractivity contribution in [1.29, 1.82) is 0 Å². The third-order valence-corrected chi connectivity index (χ3v) is 1.65. The van der Waals surface area contributed by atoms with Gasteiger partial charge < -0.3 is 9.15 Å². The highest BCUT2D eigenvalue weighted by Crippen LogP contribution is 2.29. The van der Waals surface area contributed by atoms with Crippen molar-refractivity contribution in [2.45, 2.75) is 20.0 Å². The Morgan fingerprint density at radius 2 is 2.20 bits per heavy atom. The number of aryl methyl sites for hydroxylation is 2. The molecule has 3 heteroatoms. The summed E-state index contributed by atoms with van der Waals surface area (Å²) in [4.78, 5) is 4.18.